The lowest BCUT2D eigenvalue weighted by Gasteiger charge is -2.21. The van der Waals surface area contributed by atoms with Gasteiger partial charge in [0.25, 0.3) is 0 Å². The second-order valence-corrected chi connectivity index (χ2v) is 7.62. The molecule has 2 atom stereocenters. The Bertz CT molecular complexity index is 631. The first-order chi connectivity index (χ1) is 12.0. The molecule has 0 aliphatic rings. The van der Waals surface area contributed by atoms with Gasteiger partial charge in [-0.1, -0.05) is 36.8 Å². The Morgan fingerprint density at radius 1 is 1.15 bits per heavy atom. The molecule has 0 unspecified atom stereocenters. The number of hydrogen-bond acceptors (Lipinski definition) is 4. The maximum absolute atomic E-state index is 12.3. The number of benzene rings is 1. The maximum atomic E-state index is 12.3. The normalized spacial score (nSPS) is 13.6. The number of carbonyl (C=O) groups excluding carboxylic acids is 2. The topological polar surface area (TPSA) is 92.7 Å². The summed E-state index contributed by atoms with van der Waals surface area (Å²) >= 11 is 0. The molecule has 144 valence electrons. The van der Waals surface area contributed by atoms with Crippen molar-refractivity contribution in [3.8, 4) is 0 Å². The molecule has 0 aliphatic heterocycles. The van der Waals surface area contributed by atoms with E-state index < -0.39 is 23.5 Å². The van der Waals surface area contributed by atoms with Crippen molar-refractivity contribution in [3.63, 3.8) is 0 Å². The van der Waals surface area contributed by atoms with Gasteiger partial charge in [-0.15, -0.1) is 0 Å². The Labute approximate surface area is 154 Å². The molecule has 0 heterocycles. The van der Waals surface area contributed by atoms with Crippen LogP contribution in [0.3, 0.4) is 0 Å². The number of aryl methyl sites for hydroxylation is 1. The van der Waals surface area contributed by atoms with Gasteiger partial charge >= 0.3 is 11.9 Å². The van der Waals surface area contributed by atoms with E-state index in [1.54, 1.807) is 27.7 Å². The zero-order valence-electron chi connectivity index (χ0n) is 16.2. The van der Waals surface area contributed by atoms with E-state index in [0.717, 1.165) is 11.1 Å². The molecular formula is C20H29NO5. The van der Waals surface area contributed by atoms with Gasteiger partial charge in [0.1, 0.15) is 11.6 Å². The summed E-state index contributed by atoms with van der Waals surface area (Å²) in [4.78, 5) is 35.5. The van der Waals surface area contributed by atoms with Crippen LogP contribution in [0.25, 0.3) is 0 Å². The lowest BCUT2D eigenvalue weighted by atomic mass is 10.0. The largest absolute Gasteiger partial charge is 0.480 e. The van der Waals surface area contributed by atoms with Crippen LogP contribution in [0.2, 0.25) is 0 Å². The van der Waals surface area contributed by atoms with E-state index >= 15 is 0 Å². The second kappa shape index (κ2) is 9.36. The summed E-state index contributed by atoms with van der Waals surface area (Å²) in [6.45, 7) is 8.97. The van der Waals surface area contributed by atoms with E-state index in [0.29, 0.717) is 6.42 Å². The van der Waals surface area contributed by atoms with Crippen molar-refractivity contribution in [2.75, 3.05) is 0 Å². The molecule has 1 rings (SSSR count). The highest BCUT2D eigenvalue weighted by Gasteiger charge is 2.24. The summed E-state index contributed by atoms with van der Waals surface area (Å²) in [5, 5.41) is 11.9. The molecule has 0 saturated heterocycles. The second-order valence-electron chi connectivity index (χ2n) is 7.62. The molecule has 0 bridgehead atoms. The van der Waals surface area contributed by atoms with Crippen LogP contribution in [-0.4, -0.2) is 34.6 Å². The Kier molecular flexibility index (Phi) is 7.80. The number of hydrogen-bond donors (Lipinski definition) is 2. The standard InChI is InChI=1S/C20H29NO5/c1-13-6-9-15(10-7-13)12-16(19(24)25)21-18(23)14(2)8-11-17(22)26-20(3,4)5/h6-7,9-10,14,16H,8,11-12H2,1-5H3,(H,21,23)(H,24,25)/t14-,16+/m1/s1. The Morgan fingerprint density at radius 3 is 2.23 bits per heavy atom. The van der Waals surface area contributed by atoms with Crippen molar-refractivity contribution in [1.82, 2.24) is 5.32 Å². The summed E-state index contributed by atoms with van der Waals surface area (Å²) in [6.07, 6.45) is 0.624. The Hall–Kier alpha value is -2.37. The number of nitrogens with one attached hydrogen (secondary N) is 1. The SMILES string of the molecule is Cc1ccc(C[C@H](NC(=O)[C@H](C)CCC(=O)OC(C)(C)C)C(=O)O)cc1. The van der Waals surface area contributed by atoms with Crippen molar-refractivity contribution in [2.45, 2.75) is 65.5 Å². The highest BCUT2D eigenvalue weighted by Crippen LogP contribution is 2.13. The number of aliphatic carboxylic acids is 1. The number of amides is 1. The van der Waals surface area contributed by atoms with Crippen molar-refractivity contribution in [3.05, 3.63) is 35.4 Å². The Morgan fingerprint density at radius 2 is 1.73 bits per heavy atom. The van der Waals surface area contributed by atoms with Gasteiger partial charge in [0.2, 0.25) is 5.91 Å². The third-order valence-electron chi connectivity index (χ3n) is 3.82. The molecule has 1 amide bonds. The third-order valence-corrected chi connectivity index (χ3v) is 3.82. The zero-order chi connectivity index (χ0) is 19.9. The van der Waals surface area contributed by atoms with Gasteiger partial charge in [-0.25, -0.2) is 4.79 Å². The number of carboxylic acids is 1. The van der Waals surface area contributed by atoms with Crippen LogP contribution in [-0.2, 0) is 25.5 Å². The summed E-state index contributed by atoms with van der Waals surface area (Å²) in [5.74, 6) is -2.32. The molecule has 26 heavy (non-hydrogen) atoms. The maximum Gasteiger partial charge on any atom is 0.326 e. The van der Waals surface area contributed by atoms with Crippen LogP contribution in [0.4, 0.5) is 0 Å². The van der Waals surface area contributed by atoms with E-state index in [1.165, 1.54) is 0 Å². The van der Waals surface area contributed by atoms with Crippen LogP contribution >= 0.6 is 0 Å². The summed E-state index contributed by atoms with van der Waals surface area (Å²) in [7, 11) is 0. The predicted octanol–water partition coefficient (Wildman–Crippen LogP) is 2.86. The minimum Gasteiger partial charge on any atom is -0.480 e. The predicted molar refractivity (Wildman–Crippen MR) is 98.7 cm³/mol. The lowest BCUT2D eigenvalue weighted by molar-refractivity contribution is -0.155. The molecule has 0 radical (unpaired) electrons. The minimum atomic E-state index is -1.08. The van der Waals surface area contributed by atoms with Gasteiger partial charge in [0.15, 0.2) is 0 Å². The van der Waals surface area contributed by atoms with Gasteiger partial charge in [-0.2, -0.15) is 0 Å². The number of carboxylic acid groups (broad SMARTS) is 1. The average Bonchev–Trinajstić information content (AvgIpc) is 2.52. The van der Waals surface area contributed by atoms with Gasteiger partial charge in [-0.3, -0.25) is 9.59 Å². The lowest BCUT2D eigenvalue weighted by Crippen LogP contribution is -2.44. The molecule has 0 fully saturated rings. The fourth-order valence-electron chi connectivity index (χ4n) is 2.33. The van der Waals surface area contributed by atoms with Crippen LogP contribution < -0.4 is 5.32 Å². The van der Waals surface area contributed by atoms with E-state index in [1.807, 2.05) is 31.2 Å². The zero-order valence-corrected chi connectivity index (χ0v) is 16.2. The smallest absolute Gasteiger partial charge is 0.326 e. The molecular weight excluding hydrogens is 334 g/mol. The summed E-state index contributed by atoms with van der Waals surface area (Å²) in [6, 6.07) is 6.50. The van der Waals surface area contributed by atoms with Gasteiger partial charge < -0.3 is 15.2 Å². The first kappa shape index (κ1) is 21.7. The van der Waals surface area contributed by atoms with E-state index in [-0.39, 0.29) is 24.7 Å². The van der Waals surface area contributed by atoms with Crippen molar-refractivity contribution in [2.24, 2.45) is 5.92 Å². The molecule has 0 saturated carbocycles. The van der Waals surface area contributed by atoms with Crippen LogP contribution in [0.15, 0.2) is 24.3 Å². The Balaban J connectivity index is 2.56. The first-order valence-corrected chi connectivity index (χ1v) is 8.78. The molecule has 0 aliphatic carbocycles. The summed E-state index contributed by atoms with van der Waals surface area (Å²) in [5.41, 5.74) is 1.36. The highest BCUT2D eigenvalue weighted by molar-refractivity contribution is 5.85. The first-order valence-electron chi connectivity index (χ1n) is 8.78. The van der Waals surface area contributed by atoms with E-state index in [2.05, 4.69) is 5.32 Å². The third kappa shape index (κ3) is 8.14. The fourth-order valence-corrected chi connectivity index (χ4v) is 2.33. The van der Waals surface area contributed by atoms with Crippen LogP contribution in [0.5, 0.6) is 0 Å². The number of carbonyl (C=O) groups is 3. The van der Waals surface area contributed by atoms with E-state index in [9.17, 15) is 19.5 Å². The quantitative estimate of drug-likeness (QED) is 0.693. The number of rotatable bonds is 8. The summed E-state index contributed by atoms with van der Waals surface area (Å²) < 4.78 is 5.21. The van der Waals surface area contributed by atoms with Crippen LogP contribution in [0, 0.1) is 12.8 Å². The molecule has 6 nitrogen and oxygen atoms in total. The van der Waals surface area contributed by atoms with Gasteiger partial charge in [-0.05, 0) is 39.7 Å². The van der Waals surface area contributed by atoms with Crippen LogP contribution in [0.1, 0.15) is 51.7 Å². The number of ether oxygens (including phenoxy) is 1. The van der Waals surface area contributed by atoms with Crippen molar-refractivity contribution >= 4 is 17.8 Å². The number of esters is 1. The van der Waals surface area contributed by atoms with Crippen molar-refractivity contribution in [1.29, 1.82) is 0 Å². The molecule has 1 aromatic carbocycles. The fraction of sp³-hybridized carbons (Fsp3) is 0.550. The molecule has 6 heteroatoms. The molecule has 1 aromatic rings. The van der Waals surface area contributed by atoms with Gasteiger partial charge in [0.05, 0.1) is 0 Å². The average molecular weight is 363 g/mol. The molecule has 2 N–H and O–H groups in total. The van der Waals surface area contributed by atoms with Gasteiger partial charge in [0, 0.05) is 18.8 Å². The van der Waals surface area contributed by atoms with E-state index in [4.69, 9.17) is 4.74 Å². The highest BCUT2D eigenvalue weighted by atomic mass is 16.6. The minimum absolute atomic E-state index is 0.113. The molecule has 0 spiro atoms. The molecule has 0 aromatic heterocycles. The monoisotopic (exact) mass is 363 g/mol. The van der Waals surface area contributed by atoms with Crippen molar-refractivity contribution < 1.29 is 24.2 Å².